The first kappa shape index (κ1) is 22.0. The van der Waals surface area contributed by atoms with Crippen molar-refractivity contribution in [2.24, 2.45) is 0 Å². The van der Waals surface area contributed by atoms with Gasteiger partial charge in [0, 0.05) is 12.4 Å². The van der Waals surface area contributed by atoms with Crippen LogP contribution in [-0.2, 0) is 0 Å². The van der Waals surface area contributed by atoms with E-state index in [-0.39, 0.29) is 0 Å². The van der Waals surface area contributed by atoms with Crippen LogP contribution >= 0.6 is 0 Å². The van der Waals surface area contributed by atoms with Gasteiger partial charge in [-0.2, -0.15) is 0 Å². The minimum atomic E-state index is 0.740. The lowest BCUT2D eigenvalue weighted by Crippen LogP contribution is -2.03. The molecular formula is C25H35NO2. The minimum Gasteiger partial charge on any atom is -0.490 e. The minimum absolute atomic E-state index is 0.740. The average molecular weight is 382 g/mol. The zero-order chi connectivity index (χ0) is 19.9. The van der Waals surface area contributed by atoms with Crippen LogP contribution in [0.3, 0.4) is 0 Å². The highest BCUT2D eigenvalue weighted by Gasteiger charge is 2.06. The first-order chi connectivity index (χ1) is 13.8. The van der Waals surface area contributed by atoms with Crippen LogP contribution in [0.1, 0.15) is 76.3 Å². The summed E-state index contributed by atoms with van der Waals surface area (Å²) in [6.45, 7) is 5.94. The van der Waals surface area contributed by atoms with Crippen molar-refractivity contribution in [3.8, 4) is 11.5 Å². The Morgan fingerprint density at radius 3 is 1.93 bits per heavy atom. The van der Waals surface area contributed by atoms with Crippen LogP contribution in [-0.4, -0.2) is 18.2 Å². The van der Waals surface area contributed by atoms with Crippen LogP contribution in [0.2, 0.25) is 0 Å². The molecule has 152 valence electrons. The van der Waals surface area contributed by atoms with Gasteiger partial charge in [0.05, 0.1) is 13.2 Å². The Balaban J connectivity index is 2.00. The Morgan fingerprint density at radius 1 is 0.679 bits per heavy atom. The summed E-state index contributed by atoms with van der Waals surface area (Å²) >= 11 is 0. The van der Waals surface area contributed by atoms with Gasteiger partial charge in [-0.05, 0) is 48.2 Å². The number of ether oxygens (including phenoxy) is 2. The van der Waals surface area contributed by atoms with Crippen molar-refractivity contribution < 1.29 is 9.47 Å². The van der Waals surface area contributed by atoms with Crippen LogP contribution in [0.15, 0.2) is 42.7 Å². The van der Waals surface area contributed by atoms with Crippen LogP contribution in [0.5, 0.6) is 11.5 Å². The summed E-state index contributed by atoms with van der Waals surface area (Å²) in [4.78, 5) is 4.06. The highest BCUT2D eigenvalue weighted by atomic mass is 16.5. The fraction of sp³-hybridized carbons (Fsp3) is 0.480. The van der Waals surface area contributed by atoms with E-state index in [0.29, 0.717) is 0 Å². The average Bonchev–Trinajstić information content (AvgIpc) is 2.73. The summed E-state index contributed by atoms with van der Waals surface area (Å²) in [6.07, 6.45) is 17.4. The molecule has 0 saturated heterocycles. The Morgan fingerprint density at radius 2 is 1.29 bits per heavy atom. The molecule has 0 unspecified atom stereocenters. The molecule has 0 saturated carbocycles. The third kappa shape index (κ3) is 8.60. The molecule has 0 aliphatic carbocycles. The van der Waals surface area contributed by atoms with Crippen molar-refractivity contribution in [3.05, 3.63) is 53.9 Å². The number of pyridine rings is 1. The van der Waals surface area contributed by atoms with E-state index in [0.717, 1.165) is 48.7 Å². The molecule has 0 aliphatic rings. The smallest absolute Gasteiger partial charge is 0.161 e. The molecule has 0 atom stereocenters. The predicted molar refractivity (Wildman–Crippen MR) is 119 cm³/mol. The van der Waals surface area contributed by atoms with E-state index < -0.39 is 0 Å². The molecule has 0 N–H and O–H groups in total. The first-order valence-electron chi connectivity index (χ1n) is 10.8. The molecule has 3 nitrogen and oxygen atoms in total. The van der Waals surface area contributed by atoms with Crippen molar-refractivity contribution in [2.75, 3.05) is 13.2 Å². The van der Waals surface area contributed by atoms with Crippen LogP contribution in [0.25, 0.3) is 12.2 Å². The van der Waals surface area contributed by atoms with Gasteiger partial charge >= 0.3 is 0 Å². The maximum Gasteiger partial charge on any atom is 0.161 e. The van der Waals surface area contributed by atoms with Crippen molar-refractivity contribution in [1.82, 2.24) is 4.98 Å². The van der Waals surface area contributed by atoms with Crippen molar-refractivity contribution in [1.29, 1.82) is 0 Å². The fourth-order valence-corrected chi connectivity index (χ4v) is 2.95. The van der Waals surface area contributed by atoms with E-state index in [1.807, 2.05) is 18.2 Å². The number of hydrogen-bond donors (Lipinski definition) is 0. The van der Waals surface area contributed by atoms with Gasteiger partial charge in [-0.25, -0.2) is 0 Å². The van der Waals surface area contributed by atoms with Crippen molar-refractivity contribution in [2.45, 2.75) is 65.2 Å². The van der Waals surface area contributed by atoms with Crippen LogP contribution < -0.4 is 9.47 Å². The van der Waals surface area contributed by atoms with E-state index >= 15 is 0 Å². The molecule has 2 rings (SSSR count). The number of benzene rings is 1. The SMILES string of the molecule is CCCCCCOc1ccc(/C=C/c2ccncc2)cc1OCCCCCC. The number of unbranched alkanes of at least 4 members (excludes halogenated alkanes) is 6. The first-order valence-corrected chi connectivity index (χ1v) is 10.8. The second kappa shape index (κ2) is 13.8. The van der Waals surface area contributed by atoms with Crippen LogP contribution in [0.4, 0.5) is 0 Å². The topological polar surface area (TPSA) is 31.4 Å². The van der Waals surface area contributed by atoms with Gasteiger partial charge in [0.15, 0.2) is 11.5 Å². The summed E-state index contributed by atoms with van der Waals surface area (Å²) in [7, 11) is 0. The van der Waals surface area contributed by atoms with Crippen molar-refractivity contribution in [3.63, 3.8) is 0 Å². The van der Waals surface area contributed by atoms with E-state index in [1.165, 1.54) is 38.5 Å². The lowest BCUT2D eigenvalue weighted by atomic mass is 10.1. The Kier molecular flexibility index (Phi) is 10.9. The molecule has 0 fully saturated rings. The molecule has 1 aromatic carbocycles. The Hall–Kier alpha value is -2.29. The maximum absolute atomic E-state index is 6.09. The molecular weight excluding hydrogens is 346 g/mol. The van der Waals surface area contributed by atoms with Gasteiger partial charge < -0.3 is 9.47 Å². The molecule has 1 heterocycles. The molecule has 0 bridgehead atoms. The number of rotatable bonds is 14. The highest BCUT2D eigenvalue weighted by molar-refractivity contribution is 5.70. The third-order valence-corrected chi connectivity index (χ3v) is 4.65. The number of aromatic nitrogens is 1. The fourth-order valence-electron chi connectivity index (χ4n) is 2.95. The molecule has 3 heteroatoms. The largest absolute Gasteiger partial charge is 0.490 e. The van der Waals surface area contributed by atoms with Crippen molar-refractivity contribution >= 4 is 12.2 Å². The quantitative estimate of drug-likeness (QED) is 0.325. The van der Waals surface area contributed by atoms with Gasteiger partial charge in [-0.3, -0.25) is 4.98 Å². The highest BCUT2D eigenvalue weighted by Crippen LogP contribution is 2.30. The van der Waals surface area contributed by atoms with E-state index in [1.54, 1.807) is 12.4 Å². The van der Waals surface area contributed by atoms with E-state index in [9.17, 15) is 0 Å². The maximum atomic E-state index is 6.09. The zero-order valence-electron chi connectivity index (χ0n) is 17.5. The molecule has 2 aromatic rings. The molecule has 0 radical (unpaired) electrons. The number of nitrogens with zero attached hydrogens (tertiary/aromatic N) is 1. The third-order valence-electron chi connectivity index (χ3n) is 4.65. The Bertz CT molecular complexity index is 682. The molecule has 28 heavy (non-hydrogen) atoms. The second-order valence-corrected chi connectivity index (χ2v) is 7.14. The summed E-state index contributed by atoms with van der Waals surface area (Å²) in [5, 5.41) is 0. The molecule has 0 spiro atoms. The number of hydrogen-bond acceptors (Lipinski definition) is 3. The molecule has 0 aliphatic heterocycles. The summed E-state index contributed by atoms with van der Waals surface area (Å²) in [5.41, 5.74) is 2.24. The summed E-state index contributed by atoms with van der Waals surface area (Å²) in [6, 6.07) is 10.2. The van der Waals surface area contributed by atoms with Gasteiger partial charge in [0.2, 0.25) is 0 Å². The Labute approximate surface area is 170 Å². The van der Waals surface area contributed by atoms with Gasteiger partial charge in [-0.1, -0.05) is 70.6 Å². The normalized spacial score (nSPS) is 11.1. The summed E-state index contributed by atoms with van der Waals surface area (Å²) in [5.74, 6) is 1.71. The summed E-state index contributed by atoms with van der Waals surface area (Å²) < 4.78 is 12.1. The molecule has 0 amide bonds. The van der Waals surface area contributed by atoms with E-state index in [2.05, 4.69) is 43.1 Å². The standard InChI is InChI=1S/C25H35NO2/c1-3-5-7-9-19-27-24-14-13-23(12-11-22-15-17-26-18-16-22)21-25(24)28-20-10-8-6-4-2/h11-18,21H,3-10,19-20H2,1-2H3/b12-11+. The predicted octanol–water partition coefficient (Wildman–Crippen LogP) is 7.17. The lowest BCUT2D eigenvalue weighted by Gasteiger charge is -2.14. The van der Waals surface area contributed by atoms with Gasteiger partial charge in [0.25, 0.3) is 0 Å². The second-order valence-electron chi connectivity index (χ2n) is 7.14. The molecule has 1 aromatic heterocycles. The van der Waals surface area contributed by atoms with Gasteiger partial charge in [0.1, 0.15) is 0 Å². The van der Waals surface area contributed by atoms with Gasteiger partial charge in [-0.15, -0.1) is 0 Å². The zero-order valence-corrected chi connectivity index (χ0v) is 17.5. The lowest BCUT2D eigenvalue weighted by molar-refractivity contribution is 0.259. The monoisotopic (exact) mass is 381 g/mol. The van der Waals surface area contributed by atoms with Crippen LogP contribution in [0, 0.1) is 0 Å². The van der Waals surface area contributed by atoms with E-state index in [4.69, 9.17) is 9.47 Å².